The maximum atomic E-state index is 12.5. The molecule has 4 heterocycles. The van der Waals surface area contributed by atoms with Gasteiger partial charge in [-0.15, -0.1) is 0 Å². The molecule has 0 atom stereocenters. The second-order valence-corrected chi connectivity index (χ2v) is 8.06. The van der Waals surface area contributed by atoms with Crippen LogP contribution in [0, 0.1) is 0 Å². The van der Waals surface area contributed by atoms with Crippen molar-refractivity contribution in [3.05, 3.63) is 39.9 Å². The Balaban J connectivity index is 0.000000208. The van der Waals surface area contributed by atoms with Crippen LogP contribution in [0.25, 0.3) is 0 Å². The number of hydrogen-bond donors (Lipinski definition) is 1. The molecule has 2 aromatic heterocycles. The van der Waals surface area contributed by atoms with Gasteiger partial charge in [0.2, 0.25) is 11.9 Å². The summed E-state index contributed by atoms with van der Waals surface area (Å²) in [5, 5.41) is 5.47. The lowest BCUT2D eigenvalue weighted by Crippen LogP contribution is -2.49. The fourth-order valence-corrected chi connectivity index (χ4v) is 3.57. The van der Waals surface area contributed by atoms with E-state index in [-0.39, 0.29) is 17.7 Å². The number of piperazine rings is 1. The predicted molar refractivity (Wildman–Crippen MR) is 119 cm³/mol. The normalized spacial score (nSPS) is 16.8. The maximum absolute atomic E-state index is 12.5. The first-order chi connectivity index (χ1) is 17.4. The Bertz CT molecular complexity index is 1090. The third-order valence-electron chi connectivity index (χ3n) is 5.61. The Hall–Kier alpha value is -3.43. The van der Waals surface area contributed by atoms with E-state index < -0.39 is 29.0 Å². The van der Waals surface area contributed by atoms with Crippen molar-refractivity contribution in [3.63, 3.8) is 0 Å². The lowest BCUT2D eigenvalue weighted by Gasteiger charge is -2.34. The Morgan fingerprint density at radius 3 is 2.05 bits per heavy atom. The number of H-pyrrole nitrogens is 1. The zero-order valence-corrected chi connectivity index (χ0v) is 19.8. The number of aromatic amines is 1. The summed E-state index contributed by atoms with van der Waals surface area (Å²) in [5.74, 6) is 0.458. The summed E-state index contributed by atoms with van der Waals surface area (Å²) in [5.41, 5.74) is -3.32. The van der Waals surface area contributed by atoms with Gasteiger partial charge in [-0.05, 0) is 0 Å². The molecule has 2 fully saturated rings. The number of carbonyl (C=O) groups is 1. The molecule has 0 spiro atoms. The van der Waals surface area contributed by atoms with Crippen LogP contribution in [0.15, 0.2) is 23.3 Å². The van der Waals surface area contributed by atoms with Crippen LogP contribution in [-0.2, 0) is 21.9 Å². The third kappa shape index (κ3) is 7.53. The number of alkyl halides is 6. The van der Waals surface area contributed by atoms with Gasteiger partial charge in [-0.2, -0.15) is 31.4 Å². The van der Waals surface area contributed by atoms with E-state index in [0.717, 1.165) is 18.5 Å². The van der Waals surface area contributed by atoms with Gasteiger partial charge in [0.25, 0.3) is 5.56 Å². The van der Waals surface area contributed by atoms with Crippen LogP contribution in [0.5, 0.6) is 0 Å². The third-order valence-corrected chi connectivity index (χ3v) is 5.61. The van der Waals surface area contributed by atoms with Gasteiger partial charge in [-0.3, -0.25) is 9.59 Å². The van der Waals surface area contributed by atoms with Crippen molar-refractivity contribution in [2.45, 2.75) is 25.7 Å². The van der Waals surface area contributed by atoms with E-state index in [4.69, 9.17) is 4.74 Å². The number of hydrogen-bond acceptors (Lipinski definition) is 8. The molecule has 0 bridgehead atoms. The molecule has 1 N–H and O–H groups in total. The van der Waals surface area contributed by atoms with Crippen molar-refractivity contribution in [1.29, 1.82) is 0 Å². The van der Waals surface area contributed by atoms with E-state index in [2.05, 4.69) is 15.1 Å². The van der Waals surface area contributed by atoms with Crippen LogP contribution in [0.4, 0.5) is 38.1 Å². The summed E-state index contributed by atoms with van der Waals surface area (Å²) in [6.45, 7) is 5.70. The Labute approximate surface area is 207 Å². The van der Waals surface area contributed by atoms with Crippen molar-refractivity contribution in [2.24, 2.45) is 0 Å². The Morgan fingerprint density at radius 2 is 1.54 bits per heavy atom. The molecule has 0 aliphatic carbocycles. The molecule has 2 aromatic rings. The lowest BCUT2D eigenvalue weighted by molar-refractivity contribution is -0.139. The number of ether oxygens (including phenoxy) is 1. The molecule has 16 heteroatoms. The summed E-state index contributed by atoms with van der Waals surface area (Å²) >= 11 is 0. The minimum atomic E-state index is -4.67. The number of nitrogens with zero attached hydrogens (tertiary/aromatic N) is 6. The molecule has 10 nitrogen and oxygen atoms in total. The van der Waals surface area contributed by atoms with Crippen LogP contribution in [-0.4, -0.2) is 83.5 Å². The molecule has 204 valence electrons. The van der Waals surface area contributed by atoms with Gasteiger partial charge in [-0.25, -0.2) is 15.1 Å². The number of morpholine rings is 1. The van der Waals surface area contributed by atoms with Gasteiger partial charge >= 0.3 is 12.4 Å². The number of carbonyl (C=O) groups excluding carboxylic acids is 1. The zero-order chi connectivity index (χ0) is 27.2. The van der Waals surface area contributed by atoms with Crippen molar-refractivity contribution in [3.8, 4) is 0 Å². The standard InChI is InChI=1S/C12H15F3N4O.C9H10F3N3O2/c1-2-10(20)18-3-5-19(6-4-18)11-16-7-9(8-17-11)12(13,14)15;10-9(11,12)6-5-7(13-14-8(6)16)15-1-3-17-4-2-15/h7-8H,2-6H2,1H3;5H,1-4H2,(H,14,16). The molecule has 1 amide bonds. The predicted octanol–water partition coefficient (Wildman–Crippen LogP) is 2.18. The summed E-state index contributed by atoms with van der Waals surface area (Å²) in [4.78, 5) is 35.2. The molecular formula is C21H25F6N7O3. The summed E-state index contributed by atoms with van der Waals surface area (Å²) in [7, 11) is 0. The first-order valence-corrected chi connectivity index (χ1v) is 11.3. The highest BCUT2D eigenvalue weighted by Gasteiger charge is 2.35. The van der Waals surface area contributed by atoms with Crippen LogP contribution < -0.4 is 15.4 Å². The Kier molecular flexibility index (Phi) is 8.94. The van der Waals surface area contributed by atoms with Crippen molar-refractivity contribution in [2.75, 3.05) is 62.3 Å². The minimum absolute atomic E-state index is 0.0815. The van der Waals surface area contributed by atoms with E-state index in [9.17, 15) is 35.9 Å². The number of halogens is 6. The summed E-state index contributed by atoms with van der Waals surface area (Å²) in [6, 6.07) is 0.768. The molecule has 0 aromatic carbocycles. The van der Waals surface area contributed by atoms with Gasteiger partial charge in [0.1, 0.15) is 11.4 Å². The summed E-state index contributed by atoms with van der Waals surface area (Å²) in [6.07, 6.45) is -7.07. The number of nitrogens with one attached hydrogen (secondary N) is 1. The Morgan fingerprint density at radius 1 is 0.946 bits per heavy atom. The minimum Gasteiger partial charge on any atom is -0.378 e. The highest BCUT2D eigenvalue weighted by atomic mass is 19.4. The molecule has 2 saturated heterocycles. The topological polar surface area (TPSA) is 108 Å². The molecule has 0 unspecified atom stereocenters. The van der Waals surface area contributed by atoms with Gasteiger partial charge in [0, 0.05) is 64.1 Å². The molecule has 37 heavy (non-hydrogen) atoms. The second kappa shape index (κ2) is 11.7. The van der Waals surface area contributed by atoms with Gasteiger partial charge in [0.05, 0.1) is 18.8 Å². The number of rotatable bonds is 3. The molecule has 2 aliphatic heterocycles. The summed E-state index contributed by atoms with van der Waals surface area (Å²) < 4.78 is 79.8. The highest BCUT2D eigenvalue weighted by Crippen LogP contribution is 2.29. The lowest BCUT2D eigenvalue weighted by atomic mass is 10.2. The average molecular weight is 537 g/mol. The molecule has 2 aliphatic rings. The van der Waals surface area contributed by atoms with E-state index in [1.54, 1.807) is 21.6 Å². The van der Waals surface area contributed by atoms with Crippen molar-refractivity contribution in [1.82, 2.24) is 25.1 Å². The van der Waals surface area contributed by atoms with Crippen LogP contribution in [0.3, 0.4) is 0 Å². The van der Waals surface area contributed by atoms with Crippen LogP contribution in [0.1, 0.15) is 24.5 Å². The second-order valence-electron chi connectivity index (χ2n) is 8.06. The van der Waals surface area contributed by atoms with E-state index in [0.29, 0.717) is 58.9 Å². The van der Waals surface area contributed by atoms with Gasteiger partial charge < -0.3 is 19.4 Å². The number of amides is 1. The molecular weight excluding hydrogens is 512 g/mol. The van der Waals surface area contributed by atoms with E-state index in [1.165, 1.54) is 0 Å². The highest BCUT2D eigenvalue weighted by molar-refractivity contribution is 5.76. The first kappa shape index (κ1) is 28.1. The monoisotopic (exact) mass is 537 g/mol. The SMILES string of the molecule is CCC(=O)N1CCN(c2ncc(C(F)(F)F)cn2)CC1.O=c1[nH]nc(N2CCOCC2)cc1C(F)(F)F. The van der Waals surface area contributed by atoms with Gasteiger partial charge in [0.15, 0.2) is 0 Å². The fraction of sp³-hybridized carbons (Fsp3) is 0.571. The molecule has 4 rings (SSSR count). The molecule has 0 radical (unpaired) electrons. The first-order valence-electron chi connectivity index (χ1n) is 11.3. The van der Waals surface area contributed by atoms with Crippen molar-refractivity contribution >= 4 is 17.7 Å². The van der Waals surface area contributed by atoms with Gasteiger partial charge in [-0.1, -0.05) is 6.92 Å². The van der Waals surface area contributed by atoms with Crippen LogP contribution >= 0.6 is 0 Å². The quantitative estimate of drug-likeness (QED) is 0.594. The largest absolute Gasteiger partial charge is 0.421 e. The van der Waals surface area contributed by atoms with Crippen molar-refractivity contribution < 1.29 is 35.9 Å². The fourth-order valence-electron chi connectivity index (χ4n) is 3.57. The number of aromatic nitrogens is 4. The smallest absolute Gasteiger partial charge is 0.378 e. The molecule has 0 saturated carbocycles. The average Bonchev–Trinajstić information content (AvgIpc) is 2.88. The maximum Gasteiger partial charge on any atom is 0.421 e. The van der Waals surface area contributed by atoms with E-state index in [1.807, 2.05) is 5.10 Å². The number of anilines is 2. The van der Waals surface area contributed by atoms with Crippen LogP contribution in [0.2, 0.25) is 0 Å². The van der Waals surface area contributed by atoms with E-state index >= 15 is 0 Å². The zero-order valence-electron chi connectivity index (χ0n) is 19.8.